The van der Waals surface area contributed by atoms with E-state index in [4.69, 9.17) is 5.11 Å². The molecule has 0 radical (unpaired) electrons. The molecule has 1 aliphatic rings. The Morgan fingerprint density at radius 1 is 1.35 bits per heavy atom. The second kappa shape index (κ2) is 4.25. The molecule has 5 nitrogen and oxygen atoms in total. The molecule has 0 spiro atoms. The minimum Gasteiger partial charge on any atom is -0.508 e. The number of rotatable bonds is 3. The minimum absolute atomic E-state index is 0.0976. The van der Waals surface area contributed by atoms with Crippen molar-refractivity contribution >= 4 is 5.91 Å². The minimum atomic E-state index is -0.540. The average Bonchev–Trinajstić information content (AvgIpc) is 2.23. The molecule has 0 bridgehead atoms. The first-order valence-electron chi connectivity index (χ1n) is 5.52. The van der Waals surface area contributed by atoms with Crippen molar-refractivity contribution in [2.45, 2.75) is 24.8 Å². The van der Waals surface area contributed by atoms with Gasteiger partial charge in [-0.05, 0) is 31.4 Å². The maximum absolute atomic E-state index is 11.9. The Morgan fingerprint density at radius 3 is 2.53 bits per heavy atom. The molecular weight excluding hydrogens is 222 g/mol. The topological polar surface area (TPSA) is 89.8 Å². The molecule has 0 saturated heterocycles. The number of benzene rings is 1. The van der Waals surface area contributed by atoms with E-state index >= 15 is 0 Å². The van der Waals surface area contributed by atoms with Crippen molar-refractivity contribution in [1.29, 1.82) is 0 Å². The highest BCUT2D eigenvalue weighted by Gasteiger charge is 2.38. The number of phenols is 2. The summed E-state index contributed by atoms with van der Waals surface area (Å²) in [5, 5.41) is 30.6. The molecule has 17 heavy (non-hydrogen) atoms. The van der Waals surface area contributed by atoms with Crippen molar-refractivity contribution in [2.75, 3.05) is 6.61 Å². The van der Waals surface area contributed by atoms with Crippen LogP contribution in [0.3, 0.4) is 0 Å². The Morgan fingerprint density at radius 2 is 2.06 bits per heavy atom. The summed E-state index contributed by atoms with van der Waals surface area (Å²) in [4.78, 5) is 11.9. The van der Waals surface area contributed by atoms with Crippen molar-refractivity contribution in [3.05, 3.63) is 23.8 Å². The lowest BCUT2D eigenvalue weighted by Crippen LogP contribution is -2.56. The molecule has 1 amide bonds. The number of carbonyl (C=O) groups is 1. The SMILES string of the molecule is O=C(NC1(CO)CCC1)c1ccc(O)cc1O. The summed E-state index contributed by atoms with van der Waals surface area (Å²) in [5.41, 5.74) is -0.441. The van der Waals surface area contributed by atoms with Gasteiger partial charge < -0.3 is 20.6 Å². The van der Waals surface area contributed by atoms with Gasteiger partial charge in [0.25, 0.3) is 5.91 Å². The fraction of sp³-hybridized carbons (Fsp3) is 0.417. The summed E-state index contributed by atoms with van der Waals surface area (Å²) in [7, 11) is 0. The molecule has 0 aromatic heterocycles. The van der Waals surface area contributed by atoms with Gasteiger partial charge in [-0.15, -0.1) is 0 Å². The standard InChI is InChI=1S/C12H15NO4/c14-7-12(4-1-5-12)13-11(17)9-3-2-8(15)6-10(9)16/h2-3,6,14-16H,1,4-5,7H2,(H,13,17). The smallest absolute Gasteiger partial charge is 0.255 e. The third kappa shape index (κ3) is 2.19. The molecule has 0 heterocycles. The third-order valence-electron chi connectivity index (χ3n) is 3.22. The summed E-state index contributed by atoms with van der Waals surface area (Å²) >= 11 is 0. The molecule has 92 valence electrons. The van der Waals surface area contributed by atoms with Crippen LogP contribution in [0.5, 0.6) is 11.5 Å². The number of carbonyl (C=O) groups excluding carboxylic acids is 1. The van der Waals surface area contributed by atoms with Crippen LogP contribution < -0.4 is 5.32 Å². The van der Waals surface area contributed by atoms with Gasteiger partial charge >= 0.3 is 0 Å². The molecule has 1 fully saturated rings. The average molecular weight is 237 g/mol. The molecule has 0 atom stereocenters. The zero-order chi connectivity index (χ0) is 12.5. The Hall–Kier alpha value is -1.75. The Bertz CT molecular complexity index is 435. The van der Waals surface area contributed by atoms with Crippen LogP contribution in [0, 0.1) is 0 Å². The van der Waals surface area contributed by atoms with Crippen LogP contribution in [0.15, 0.2) is 18.2 Å². The fourth-order valence-electron chi connectivity index (χ4n) is 1.95. The lowest BCUT2D eigenvalue weighted by atomic mass is 9.77. The summed E-state index contributed by atoms with van der Waals surface area (Å²) < 4.78 is 0. The molecule has 2 rings (SSSR count). The molecule has 0 aliphatic heterocycles. The quantitative estimate of drug-likeness (QED) is 0.624. The van der Waals surface area contributed by atoms with E-state index in [0.29, 0.717) is 0 Å². The van der Waals surface area contributed by atoms with E-state index in [0.717, 1.165) is 25.3 Å². The first-order chi connectivity index (χ1) is 8.06. The highest BCUT2D eigenvalue weighted by molar-refractivity contribution is 5.97. The maximum atomic E-state index is 11.9. The number of nitrogens with one attached hydrogen (secondary N) is 1. The highest BCUT2D eigenvalue weighted by Crippen LogP contribution is 2.32. The third-order valence-corrected chi connectivity index (χ3v) is 3.22. The summed E-state index contributed by atoms with van der Waals surface area (Å²) in [6.45, 7) is -0.0996. The Balaban J connectivity index is 2.14. The van der Waals surface area contributed by atoms with E-state index in [9.17, 15) is 15.0 Å². The normalized spacial score (nSPS) is 17.2. The van der Waals surface area contributed by atoms with E-state index in [1.165, 1.54) is 12.1 Å². The van der Waals surface area contributed by atoms with Gasteiger partial charge in [0.2, 0.25) is 0 Å². The van der Waals surface area contributed by atoms with Crippen LogP contribution in [0.1, 0.15) is 29.6 Å². The van der Waals surface area contributed by atoms with Crippen LogP contribution in [0.25, 0.3) is 0 Å². The van der Waals surface area contributed by atoms with Gasteiger partial charge in [-0.3, -0.25) is 4.79 Å². The zero-order valence-electron chi connectivity index (χ0n) is 9.31. The van der Waals surface area contributed by atoms with Crippen LogP contribution in [0.2, 0.25) is 0 Å². The van der Waals surface area contributed by atoms with Gasteiger partial charge in [-0.25, -0.2) is 0 Å². The van der Waals surface area contributed by atoms with Gasteiger partial charge in [0, 0.05) is 6.07 Å². The molecule has 4 N–H and O–H groups in total. The number of aliphatic hydroxyl groups is 1. The maximum Gasteiger partial charge on any atom is 0.255 e. The summed E-state index contributed by atoms with van der Waals surface area (Å²) in [5.74, 6) is -0.800. The van der Waals surface area contributed by atoms with E-state index in [1.54, 1.807) is 0 Å². The lowest BCUT2D eigenvalue weighted by Gasteiger charge is -2.40. The second-order valence-corrected chi connectivity index (χ2v) is 4.45. The molecule has 5 heteroatoms. The van der Waals surface area contributed by atoms with Gasteiger partial charge in [0.15, 0.2) is 0 Å². The van der Waals surface area contributed by atoms with Gasteiger partial charge in [-0.1, -0.05) is 0 Å². The molecular formula is C12H15NO4. The largest absolute Gasteiger partial charge is 0.508 e. The molecule has 0 unspecified atom stereocenters. The first-order valence-corrected chi connectivity index (χ1v) is 5.52. The summed E-state index contributed by atoms with van der Waals surface area (Å²) in [6, 6.07) is 3.80. The van der Waals surface area contributed by atoms with Crippen LogP contribution in [-0.2, 0) is 0 Å². The van der Waals surface area contributed by atoms with Crippen molar-refractivity contribution in [3.8, 4) is 11.5 Å². The molecule has 1 aromatic rings. The Kier molecular flexibility index (Phi) is 2.93. The van der Waals surface area contributed by atoms with Crippen molar-refractivity contribution in [1.82, 2.24) is 5.32 Å². The van der Waals surface area contributed by atoms with Crippen molar-refractivity contribution in [2.24, 2.45) is 0 Å². The van der Waals surface area contributed by atoms with Gasteiger partial charge in [0.1, 0.15) is 11.5 Å². The number of aromatic hydroxyl groups is 2. The van der Waals surface area contributed by atoms with E-state index < -0.39 is 11.4 Å². The Labute approximate surface area is 98.7 Å². The van der Waals surface area contributed by atoms with E-state index in [-0.39, 0.29) is 23.7 Å². The number of hydrogen-bond acceptors (Lipinski definition) is 4. The summed E-state index contributed by atoms with van der Waals surface area (Å²) in [6.07, 6.45) is 2.46. The number of amides is 1. The van der Waals surface area contributed by atoms with Crippen LogP contribution >= 0.6 is 0 Å². The zero-order valence-corrected chi connectivity index (χ0v) is 9.31. The molecule has 1 aliphatic carbocycles. The van der Waals surface area contributed by atoms with Crippen LogP contribution in [-0.4, -0.2) is 33.4 Å². The predicted molar refractivity (Wildman–Crippen MR) is 60.9 cm³/mol. The highest BCUT2D eigenvalue weighted by atomic mass is 16.3. The number of hydrogen-bond donors (Lipinski definition) is 4. The monoisotopic (exact) mass is 237 g/mol. The van der Waals surface area contributed by atoms with Gasteiger partial charge in [-0.2, -0.15) is 0 Å². The fourth-order valence-corrected chi connectivity index (χ4v) is 1.95. The number of phenolic OH excluding ortho intramolecular Hbond substituents is 2. The molecule has 1 saturated carbocycles. The van der Waals surface area contributed by atoms with Gasteiger partial charge in [0.05, 0.1) is 17.7 Å². The van der Waals surface area contributed by atoms with Crippen LogP contribution in [0.4, 0.5) is 0 Å². The van der Waals surface area contributed by atoms with Crippen molar-refractivity contribution < 1.29 is 20.1 Å². The molecule has 1 aromatic carbocycles. The second-order valence-electron chi connectivity index (χ2n) is 4.45. The van der Waals surface area contributed by atoms with Crippen molar-refractivity contribution in [3.63, 3.8) is 0 Å². The van der Waals surface area contributed by atoms with E-state index in [1.807, 2.05) is 0 Å². The number of aliphatic hydroxyl groups excluding tert-OH is 1. The van der Waals surface area contributed by atoms with E-state index in [2.05, 4.69) is 5.32 Å². The lowest BCUT2D eigenvalue weighted by molar-refractivity contribution is 0.0639. The predicted octanol–water partition coefficient (Wildman–Crippen LogP) is 0.743. The first kappa shape index (κ1) is 11.7.